The third kappa shape index (κ3) is 4.99. The number of ether oxygens (including phenoxy) is 1. The zero-order valence-corrected chi connectivity index (χ0v) is 16.0. The Bertz CT molecular complexity index is 900. The summed E-state index contributed by atoms with van der Waals surface area (Å²) in [6.07, 6.45) is -0.0400. The number of rotatable bonds is 5. The Hall–Kier alpha value is -2.64. The van der Waals surface area contributed by atoms with Crippen molar-refractivity contribution in [1.82, 2.24) is 0 Å². The Labute approximate surface area is 170 Å². The zero-order chi connectivity index (χ0) is 20.3. The van der Waals surface area contributed by atoms with Crippen LogP contribution in [0.15, 0.2) is 42.5 Å². The maximum Gasteiger partial charge on any atom is 0.311 e. The summed E-state index contributed by atoms with van der Waals surface area (Å²) in [5.74, 6) is -2.61. The van der Waals surface area contributed by atoms with Gasteiger partial charge in [0.1, 0.15) is 5.82 Å². The minimum atomic E-state index is -0.703. The predicted molar refractivity (Wildman–Crippen MR) is 103 cm³/mol. The van der Waals surface area contributed by atoms with Crippen LogP contribution in [0.3, 0.4) is 0 Å². The first-order valence-electron chi connectivity index (χ1n) is 8.30. The molecule has 2 aromatic rings. The second-order valence-electron chi connectivity index (χ2n) is 6.20. The van der Waals surface area contributed by atoms with Crippen LogP contribution < -0.4 is 10.2 Å². The summed E-state index contributed by atoms with van der Waals surface area (Å²) >= 11 is 11.7. The average Bonchev–Trinajstić information content (AvgIpc) is 3.01. The van der Waals surface area contributed by atoms with Crippen LogP contribution in [0.1, 0.15) is 6.42 Å². The van der Waals surface area contributed by atoms with Crippen molar-refractivity contribution in [3.63, 3.8) is 0 Å². The molecule has 0 unspecified atom stereocenters. The van der Waals surface area contributed by atoms with Gasteiger partial charge in [-0.15, -0.1) is 0 Å². The predicted octanol–water partition coefficient (Wildman–Crippen LogP) is 3.67. The van der Waals surface area contributed by atoms with Gasteiger partial charge in [0, 0.05) is 34.4 Å². The van der Waals surface area contributed by atoms with Crippen LogP contribution in [0.2, 0.25) is 10.0 Å². The van der Waals surface area contributed by atoms with Crippen molar-refractivity contribution in [3.8, 4) is 0 Å². The van der Waals surface area contributed by atoms with Gasteiger partial charge in [-0.3, -0.25) is 14.4 Å². The summed E-state index contributed by atoms with van der Waals surface area (Å²) in [4.78, 5) is 37.7. The molecule has 0 aliphatic carbocycles. The highest BCUT2D eigenvalue weighted by molar-refractivity contribution is 6.35. The number of nitrogens with one attached hydrogen (secondary N) is 1. The number of hydrogen-bond donors (Lipinski definition) is 1. The second-order valence-corrected chi connectivity index (χ2v) is 7.07. The molecule has 0 spiro atoms. The van der Waals surface area contributed by atoms with Crippen LogP contribution in [0, 0.1) is 11.7 Å². The highest BCUT2D eigenvalue weighted by atomic mass is 35.5. The Balaban J connectivity index is 1.53. The smallest absolute Gasteiger partial charge is 0.311 e. The first-order valence-corrected chi connectivity index (χ1v) is 9.06. The van der Waals surface area contributed by atoms with E-state index in [9.17, 15) is 18.8 Å². The molecule has 6 nitrogen and oxygen atoms in total. The summed E-state index contributed by atoms with van der Waals surface area (Å²) < 4.78 is 18.0. The van der Waals surface area contributed by atoms with Gasteiger partial charge in [0.2, 0.25) is 5.91 Å². The minimum absolute atomic E-state index is 0.0400. The van der Waals surface area contributed by atoms with Gasteiger partial charge in [-0.1, -0.05) is 23.2 Å². The Kier molecular flexibility index (Phi) is 6.16. The van der Waals surface area contributed by atoms with Crippen molar-refractivity contribution in [1.29, 1.82) is 0 Å². The highest BCUT2D eigenvalue weighted by Crippen LogP contribution is 2.26. The lowest BCUT2D eigenvalue weighted by atomic mass is 10.1. The fourth-order valence-electron chi connectivity index (χ4n) is 2.81. The fourth-order valence-corrected chi connectivity index (χ4v) is 3.34. The third-order valence-corrected chi connectivity index (χ3v) is 4.52. The molecule has 0 bridgehead atoms. The largest absolute Gasteiger partial charge is 0.455 e. The number of anilines is 2. The Morgan fingerprint density at radius 2 is 1.79 bits per heavy atom. The lowest BCUT2D eigenvalue weighted by Crippen LogP contribution is -2.28. The molecule has 1 fully saturated rings. The SMILES string of the molecule is O=C(COC(=O)[C@H]1CC(=O)N(c2ccc(F)cc2)C1)Nc1cc(Cl)cc(Cl)c1. The van der Waals surface area contributed by atoms with E-state index in [1.54, 1.807) is 0 Å². The molecule has 1 N–H and O–H groups in total. The molecular formula is C19H15Cl2FN2O4. The second kappa shape index (κ2) is 8.58. The van der Waals surface area contributed by atoms with E-state index in [2.05, 4.69) is 5.32 Å². The van der Waals surface area contributed by atoms with Crippen LogP contribution in [0.25, 0.3) is 0 Å². The summed E-state index contributed by atoms with van der Waals surface area (Å²) in [6.45, 7) is -0.404. The molecule has 2 amide bonds. The van der Waals surface area contributed by atoms with Crippen LogP contribution in [0.4, 0.5) is 15.8 Å². The highest BCUT2D eigenvalue weighted by Gasteiger charge is 2.36. The lowest BCUT2D eigenvalue weighted by molar-refractivity contribution is -0.151. The maximum atomic E-state index is 13.0. The molecule has 0 radical (unpaired) electrons. The van der Waals surface area contributed by atoms with Crippen molar-refractivity contribution < 1.29 is 23.5 Å². The van der Waals surface area contributed by atoms with E-state index in [1.807, 2.05) is 0 Å². The molecule has 0 saturated carbocycles. The van der Waals surface area contributed by atoms with E-state index in [4.69, 9.17) is 27.9 Å². The Morgan fingerprint density at radius 3 is 2.43 bits per heavy atom. The van der Waals surface area contributed by atoms with Crippen molar-refractivity contribution in [3.05, 3.63) is 58.3 Å². The average molecular weight is 425 g/mol. The summed E-state index contributed by atoms with van der Waals surface area (Å²) in [7, 11) is 0. The van der Waals surface area contributed by atoms with Gasteiger partial charge in [-0.2, -0.15) is 0 Å². The number of halogens is 3. The number of amides is 2. The molecule has 1 aliphatic rings. The first kappa shape index (κ1) is 20.1. The number of carbonyl (C=O) groups is 3. The van der Waals surface area contributed by atoms with E-state index in [0.29, 0.717) is 21.4 Å². The van der Waals surface area contributed by atoms with Gasteiger partial charge < -0.3 is 15.0 Å². The molecule has 0 aromatic heterocycles. The standard InChI is InChI=1S/C19H15Cl2FN2O4/c20-12-6-13(21)8-15(7-12)23-17(25)10-28-19(27)11-5-18(26)24(9-11)16-3-1-14(22)2-4-16/h1-4,6-8,11H,5,9-10H2,(H,23,25)/t11-/m0/s1. The van der Waals surface area contributed by atoms with E-state index in [-0.39, 0.29) is 18.9 Å². The minimum Gasteiger partial charge on any atom is -0.455 e. The van der Waals surface area contributed by atoms with E-state index in [0.717, 1.165) is 0 Å². The van der Waals surface area contributed by atoms with Crippen molar-refractivity contribution in [2.45, 2.75) is 6.42 Å². The number of carbonyl (C=O) groups excluding carboxylic acids is 3. The zero-order valence-electron chi connectivity index (χ0n) is 14.5. The third-order valence-electron chi connectivity index (χ3n) is 4.09. The summed E-state index contributed by atoms with van der Waals surface area (Å²) in [5.41, 5.74) is 0.870. The van der Waals surface area contributed by atoms with Crippen LogP contribution in [-0.2, 0) is 19.1 Å². The molecule has 9 heteroatoms. The lowest BCUT2D eigenvalue weighted by Gasteiger charge is -2.16. The molecule has 1 atom stereocenters. The molecule has 2 aromatic carbocycles. The number of benzene rings is 2. The monoisotopic (exact) mass is 424 g/mol. The molecule has 1 heterocycles. The van der Waals surface area contributed by atoms with Gasteiger partial charge in [0.25, 0.3) is 5.91 Å². The van der Waals surface area contributed by atoms with Gasteiger partial charge >= 0.3 is 5.97 Å². The van der Waals surface area contributed by atoms with E-state index < -0.39 is 30.2 Å². The van der Waals surface area contributed by atoms with Crippen LogP contribution in [-0.4, -0.2) is 30.9 Å². The van der Waals surface area contributed by atoms with Crippen molar-refractivity contribution in [2.75, 3.05) is 23.4 Å². The normalized spacial score (nSPS) is 16.2. The summed E-state index contributed by atoms with van der Waals surface area (Å²) in [6, 6.07) is 9.92. The maximum absolute atomic E-state index is 13.0. The topological polar surface area (TPSA) is 75.7 Å². The molecule has 146 valence electrons. The summed E-state index contributed by atoms with van der Waals surface area (Å²) in [5, 5.41) is 3.22. The number of nitrogens with zero attached hydrogens (tertiary/aromatic N) is 1. The van der Waals surface area contributed by atoms with E-state index in [1.165, 1.54) is 47.4 Å². The molecular weight excluding hydrogens is 410 g/mol. The van der Waals surface area contributed by atoms with Gasteiger partial charge in [0.05, 0.1) is 5.92 Å². The quantitative estimate of drug-likeness (QED) is 0.742. The Morgan fingerprint density at radius 1 is 1.14 bits per heavy atom. The molecule has 1 saturated heterocycles. The molecule has 3 rings (SSSR count). The van der Waals surface area contributed by atoms with E-state index >= 15 is 0 Å². The molecule has 1 aliphatic heterocycles. The van der Waals surface area contributed by atoms with Gasteiger partial charge in [-0.05, 0) is 42.5 Å². The van der Waals surface area contributed by atoms with Gasteiger partial charge in [-0.25, -0.2) is 4.39 Å². The van der Waals surface area contributed by atoms with Crippen LogP contribution in [0.5, 0.6) is 0 Å². The number of hydrogen-bond acceptors (Lipinski definition) is 4. The number of esters is 1. The fraction of sp³-hybridized carbons (Fsp3) is 0.211. The van der Waals surface area contributed by atoms with Crippen molar-refractivity contribution in [2.24, 2.45) is 5.92 Å². The van der Waals surface area contributed by atoms with Gasteiger partial charge in [0.15, 0.2) is 6.61 Å². The first-order chi connectivity index (χ1) is 13.3. The van der Waals surface area contributed by atoms with Crippen LogP contribution >= 0.6 is 23.2 Å². The molecule has 28 heavy (non-hydrogen) atoms. The van der Waals surface area contributed by atoms with Crippen molar-refractivity contribution >= 4 is 52.4 Å².